The lowest BCUT2D eigenvalue weighted by Gasteiger charge is -2.31. The molecule has 1 aromatic carbocycles. The fourth-order valence-electron chi connectivity index (χ4n) is 3.23. The molecule has 1 saturated heterocycles. The molecule has 1 amide bonds. The highest BCUT2D eigenvalue weighted by Gasteiger charge is 2.41. The minimum atomic E-state index is -3.06. The number of benzene rings is 1. The highest BCUT2D eigenvalue weighted by molar-refractivity contribution is 7.90. The number of fused-ring (bicyclic) bond motifs is 1. The Hall–Kier alpha value is -1.51. The summed E-state index contributed by atoms with van der Waals surface area (Å²) >= 11 is 1.40. The molecule has 2 aromatic rings. The standard InChI is InChI=1S/C17H21N3O3S2/c21-16(17-19-14-3-1-2-4-15(14)24-17)18-11-12-7-9-20(10-8-12)25(22,23)13-5-6-13/h1-4,12-13H,5-11H2,(H,18,21). The average molecular weight is 380 g/mol. The number of sulfonamides is 1. The molecule has 8 heteroatoms. The van der Waals surface area contributed by atoms with Crippen LogP contribution in [0.3, 0.4) is 0 Å². The highest BCUT2D eigenvalue weighted by Crippen LogP contribution is 2.33. The monoisotopic (exact) mass is 379 g/mol. The van der Waals surface area contributed by atoms with Crippen LogP contribution in [-0.2, 0) is 10.0 Å². The Morgan fingerprint density at radius 1 is 1.20 bits per heavy atom. The second kappa shape index (κ2) is 6.66. The first-order valence-corrected chi connectivity index (χ1v) is 11.0. The summed E-state index contributed by atoms with van der Waals surface area (Å²) in [7, 11) is -3.06. The Labute approximate surface area is 151 Å². The van der Waals surface area contributed by atoms with E-state index in [2.05, 4.69) is 10.3 Å². The van der Waals surface area contributed by atoms with Gasteiger partial charge in [0.15, 0.2) is 5.01 Å². The van der Waals surface area contributed by atoms with Crippen LogP contribution in [0.25, 0.3) is 10.2 Å². The van der Waals surface area contributed by atoms with Crippen LogP contribution < -0.4 is 5.32 Å². The fourth-order valence-corrected chi connectivity index (χ4v) is 5.98. The van der Waals surface area contributed by atoms with E-state index in [-0.39, 0.29) is 11.2 Å². The molecule has 2 fully saturated rings. The van der Waals surface area contributed by atoms with Gasteiger partial charge in [-0.05, 0) is 43.7 Å². The molecule has 134 valence electrons. The third-order valence-corrected chi connectivity index (χ3v) is 8.35. The van der Waals surface area contributed by atoms with Crippen molar-refractivity contribution < 1.29 is 13.2 Å². The quantitative estimate of drug-likeness (QED) is 0.864. The minimum Gasteiger partial charge on any atom is -0.350 e. The van der Waals surface area contributed by atoms with Crippen molar-refractivity contribution in [3.05, 3.63) is 29.3 Å². The van der Waals surface area contributed by atoms with Crippen LogP contribution in [0.4, 0.5) is 0 Å². The first kappa shape index (κ1) is 16.9. The number of aromatic nitrogens is 1. The topological polar surface area (TPSA) is 79.4 Å². The average Bonchev–Trinajstić information content (AvgIpc) is 3.40. The largest absolute Gasteiger partial charge is 0.350 e. The third kappa shape index (κ3) is 3.56. The fraction of sp³-hybridized carbons (Fsp3) is 0.529. The molecule has 1 aromatic heterocycles. The van der Waals surface area contributed by atoms with Crippen molar-refractivity contribution in [2.24, 2.45) is 5.92 Å². The van der Waals surface area contributed by atoms with E-state index < -0.39 is 10.0 Å². The van der Waals surface area contributed by atoms with Gasteiger partial charge in [-0.2, -0.15) is 0 Å². The third-order valence-electron chi connectivity index (χ3n) is 4.92. The number of amides is 1. The van der Waals surface area contributed by atoms with E-state index >= 15 is 0 Å². The molecule has 0 radical (unpaired) electrons. The van der Waals surface area contributed by atoms with E-state index in [4.69, 9.17) is 0 Å². The Balaban J connectivity index is 1.29. The molecule has 2 heterocycles. The van der Waals surface area contributed by atoms with E-state index in [0.29, 0.717) is 30.6 Å². The zero-order valence-corrected chi connectivity index (χ0v) is 15.5. The first-order chi connectivity index (χ1) is 12.0. The van der Waals surface area contributed by atoms with Crippen LogP contribution in [0.2, 0.25) is 0 Å². The second-order valence-corrected chi connectivity index (χ2v) is 10.0. The number of piperidine rings is 1. The van der Waals surface area contributed by atoms with E-state index in [1.165, 1.54) is 11.3 Å². The van der Waals surface area contributed by atoms with E-state index in [0.717, 1.165) is 35.9 Å². The Kier molecular flexibility index (Phi) is 4.51. The Morgan fingerprint density at radius 3 is 2.60 bits per heavy atom. The Morgan fingerprint density at radius 2 is 1.92 bits per heavy atom. The molecule has 1 aliphatic heterocycles. The highest BCUT2D eigenvalue weighted by atomic mass is 32.2. The van der Waals surface area contributed by atoms with Crippen molar-refractivity contribution in [2.75, 3.05) is 19.6 Å². The minimum absolute atomic E-state index is 0.136. The van der Waals surface area contributed by atoms with Crippen LogP contribution >= 0.6 is 11.3 Å². The van der Waals surface area contributed by atoms with Gasteiger partial charge in [0.1, 0.15) is 0 Å². The molecular formula is C17H21N3O3S2. The van der Waals surface area contributed by atoms with Gasteiger partial charge in [0.2, 0.25) is 10.0 Å². The number of carbonyl (C=O) groups is 1. The van der Waals surface area contributed by atoms with E-state index in [1.54, 1.807) is 4.31 Å². The van der Waals surface area contributed by atoms with Gasteiger partial charge in [-0.3, -0.25) is 4.79 Å². The molecule has 6 nitrogen and oxygen atoms in total. The molecule has 4 rings (SSSR count). The first-order valence-electron chi connectivity index (χ1n) is 8.67. The zero-order valence-electron chi connectivity index (χ0n) is 13.8. The number of thiazole rings is 1. The molecule has 1 aliphatic carbocycles. The van der Waals surface area contributed by atoms with Gasteiger partial charge in [0, 0.05) is 19.6 Å². The number of hydrogen-bond donors (Lipinski definition) is 1. The molecular weight excluding hydrogens is 358 g/mol. The summed E-state index contributed by atoms with van der Waals surface area (Å²) in [5.74, 6) is 0.179. The van der Waals surface area contributed by atoms with Gasteiger partial charge in [-0.15, -0.1) is 11.3 Å². The lowest BCUT2D eigenvalue weighted by molar-refractivity contribution is 0.0941. The van der Waals surface area contributed by atoms with Crippen molar-refractivity contribution in [2.45, 2.75) is 30.9 Å². The lowest BCUT2D eigenvalue weighted by atomic mass is 9.98. The van der Waals surface area contributed by atoms with Crippen LogP contribution in [0, 0.1) is 5.92 Å². The van der Waals surface area contributed by atoms with Gasteiger partial charge in [0.05, 0.1) is 15.5 Å². The maximum absolute atomic E-state index is 12.3. The molecule has 0 bridgehead atoms. The van der Waals surface area contributed by atoms with Gasteiger partial charge in [-0.1, -0.05) is 12.1 Å². The SMILES string of the molecule is O=C(NCC1CCN(S(=O)(=O)C2CC2)CC1)c1nc2ccccc2s1. The van der Waals surface area contributed by atoms with E-state index in [9.17, 15) is 13.2 Å². The van der Waals surface area contributed by atoms with Crippen LogP contribution in [0.15, 0.2) is 24.3 Å². The van der Waals surface area contributed by atoms with Crippen LogP contribution in [-0.4, -0.2) is 48.5 Å². The molecule has 0 atom stereocenters. The van der Waals surface area contributed by atoms with Crippen molar-refractivity contribution >= 4 is 37.5 Å². The van der Waals surface area contributed by atoms with Crippen molar-refractivity contribution in [3.8, 4) is 0 Å². The number of hydrogen-bond acceptors (Lipinski definition) is 5. The van der Waals surface area contributed by atoms with Gasteiger partial charge in [-0.25, -0.2) is 17.7 Å². The van der Waals surface area contributed by atoms with E-state index in [1.807, 2.05) is 24.3 Å². The summed E-state index contributed by atoms with van der Waals surface area (Å²) in [6, 6.07) is 7.71. The molecule has 25 heavy (non-hydrogen) atoms. The van der Waals surface area contributed by atoms with Crippen molar-refractivity contribution in [1.82, 2.24) is 14.6 Å². The summed E-state index contributed by atoms with van der Waals surface area (Å²) in [5.41, 5.74) is 0.844. The summed E-state index contributed by atoms with van der Waals surface area (Å²) < 4.78 is 27.1. The van der Waals surface area contributed by atoms with Gasteiger partial charge >= 0.3 is 0 Å². The normalized spacial score (nSPS) is 20.0. The van der Waals surface area contributed by atoms with Crippen molar-refractivity contribution in [3.63, 3.8) is 0 Å². The second-order valence-electron chi connectivity index (χ2n) is 6.78. The number of rotatable bonds is 5. The zero-order chi connectivity index (χ0) is 17.4. The molecule has 1 N–H and O–H groups in total. The number of nitrogens with one attached hydrogen (secondary N) is 1. The smallest absolute Gasteiger partial charge is 0.280 e. The Bertz CT molecular complexity index is 848. The number of nitrogens with zero attached hydrogens (tertiary/aromatic N) is 2. The lowest BCUT2D eigenvalue weighted by Crippen LogP contribution is -2.42. The molecule has 0 unspecified atom stereocenters. The number of carbonyl (C=O) groups excluding carboxylic acids is 1. The predicted molar refractivity (Wildman–Crippen MR) is 98.2 cm³/mol. The molecule has 2 aliphatic rings. The van der Waals surface area contributed by atoms with Crippen LogP contribution in [0.5, 0.6) is 0 Å². The maximum Gasteiger partial charge on any atom is 0.280 e. The van der Waals surface area contributed by atoms with Gasteiger partial charge in [0.25, 0.3) is 5.91 Å². The summed E-state index contributed by atoms with van der Waals surface area (Å²) in [6.45, 7) is 1.72. The van der Waals surface area contributed by atoms with Crippen LogP contribution in [0.1, 0.15) is 35.5 Å². The van der Waals surface area contributed by atoms with Crippen molar-refractivity contribution in [1.29, 1.82) is 0 Å². The summed E-state index contributed by atoms with van der Waals surface area (Å²) in [5, 5.41) is 3.30. The summed E-state index contributed by atoms with van der Waals surface area (Å²) in [6.07, 6.45) is 3.21. The molecule has 0 spiro atoms. The van der Waals surface area contributed by atoms with Gasteiger partial charge < -0.3 is 5.32 Å². The predicted octanol–water partition coefficient (Wildman–Crippen LogP) is 2.23. The summed E-state index contributed by atoms with van der Waals surface area (Å²) in [4.78, 5) is 16.7. The number of para-hydroxylation sites is 1. The maximum atomic E-state index is 12.3. The molecule has 1 saturated carbocycles.